The second kappa shape index (κ2) is 11.7. The quantitative estimate of drug-likeness (QED) is 0.382. The number of hydrogen-bond donors (Lipinski definition) is 1. The number of methoxy groups -OCH3 is 1. The number of aliphatic carboxylic acids is 1. The van der Waals surface area contributed by atoms with E-state index in [2.05, 4.69) is 11.0 Å². The van der Waals surface area contributed by atoms with Crippen LogP contribution >= 0.6 is 0 Å². The fourth-order valence-electron chi connectivity index (χ4n) is 4.51. The molecule has 1 saturated heterocycles. The fraction of sp³-hybridized carbons (Fsp3) is 0.345. The van der Waals surface area contributed by atoms with Gasteiger partial charge in [-0.05, 0) is 66.8 Å². The Morgan fingerprint density at radius 2 is 1.71 bits per heavy atom. The third kappa shape index (κ3) is 6.53. The van der Waals surface area contributed by atoms with Crippen molar-refractivity contribution >= 4 is 11.7 Å². The molecule has 4 rings (SSSR count). The average Bonchev–Trinajstić information content (AvgIpc) is 3.16. The summed E-state index contributed by atoms with van der Waals surface area (Å²) >= 11 is 0. The maximum absolute atomic E-state index is 14.9. The molecule has 6 heteroatoms. The van der Waals surface area contributed by atoms with Crippen molar-refractivity contribution in [3.63, 3.8) is 0 Å². The number of ether oxygens (including phenoxy) is 2. The highest BCUT2D eigenvalue weighted by Gasteiger charge is 2.18. The summed E-state index contributed by atoms with van der Waals surface area (Å²) in [6.07, 6.45) is 5.20. The van der Waals surface area contributed by atoms with Crippen LogP contribution in [0.1, 0.15) is 43.2 Å². The SMILES string of the molecule is COc1ccc(F)c(-c2ccc(COc3cccc(CCC(=O)O)c3)cc2N2CCCCCC2)c1. The molecule has 1 aliphatic heterocycles. The van der Waals surface area contributed by atoms with Crippen molar-refractivity contribution < 1.29 is 23.8 Å². The zero-order valence-electron chi connectivity index (χ0n) is 20.1. The Kier molecular flexibility index (Phi) is 8.24. The number of hydrogen-bond acceptors (Lipinski definition) is 4. The van der Waals surface area contributed by atoms with Gasteiger partial charge < -0.3 is 19.5 Å². The molecule has 0 radical (unpaired) electrons. The van der Waals surface area contributed by atoms with Crippen molar-refractivity contribution in [2.75, 3.05) is 25.1 Å². The van der Waals surface area contributed by atoms with Gasteiger partial charge in [0.15, 0.2) is 0 Å². The molecule has 1 fully saturated rings. The van der Waals surface area contributed by atoms with Crippen molar-refractivity contribution in [2.45, 2.75) is 45.1 Å². The monoisotopic (exact) mass is 477 g/mol. The summed E-state index contributed by atoms with van der Waals surface area (Å²) < 4.78 is 26.3. The lowest BCUT2D eigenvalue weighted by Crippen LogP contribution is -2.24. The molecule has 1 N–H and O–H groups in total. The molecule has 5 nitrogen and oxygen atoms in total. The van der Waals surface area contributed by atoms with Crippen LogP contribution in [0.25, 0.3) is 11.1 Å². The predicted molar refractivity (Wildman–Crippen MR) is 136 cm³/mol. The topological polar surface area (TPSA) is 59.0 Å². The molecular formula is C29H32FNO4. The minimum absolute atomic E-state index is 0.0882. The molecule has 1 aliphatic rings. The molecule has 3 aromatic rings. The highest BCUT2D eigenvalue weighted by atomic mass is 19.1. The van der Waals surface area contributed by atoms with Gasteiger partial charge >= 0.3 is 5.97 Å². The van der Waals surface area contributed by atoms with E-state index < -0.39 is 5.97 Å². The molecule has 0 aromatic heterocycles. The van der Waals surface area contributed by atoms with Crippen LogP contribution in [0.2, 0.25) is 0 Å². The number of benzene rings is 3. The number of carbonyl (C=O) groups is 1. The van der Waals surface area contributed by atoms with Crippen LogP contribution in [-0.2, 0) is 17.8 Å². The van der Waals surface area contributed by atoms with Crippen LogP contribution in [0.5, 0.6) is 11.5 Å². The molecule has 0 spiro atoms. The summed E-state index contributed by atoms with van der Waals surface area (Å²) in [6.45, 7) is 2.24. The zero-order valence-corrected chi connectivity index (χ0v) is 20.1. The van der Waals surface area contributed by atoms with E-state index in [0.717, 1.165) is 48.3 Å². The summed E-state index contributed by atoms with van der Waals surface area (Å²) in [6, 6.07) is 18.4. The van der Waals surface area contributed by atoms with E-state index >= 15 is 0 Å². The first-order valence-electron chi connectivity index (χ1n) is 12.2. The van der Waals surface area contributed by atoms with Gasteiger partial charge in [0, 0.05) is 36.3 Å². The molecule has 0 atom stereocenters. The molecule has 0 bridgehead atoms. The summed E-state index contributed by atoms with van der Waals surface area (Å²) in [4.78, 5) is 13.2. The maximum atomic E-state index is 14.9. The van der Waals surface area contributed by atoms with E-state index in [-0.39, 0.29) is 12.2 Å². The molecule has 35 heavy (non-hydrogen) atoms. The number of rotatable bonds is 9. The maximum Gasteiger partial charge on any atom is 0.303 e. The third-order valence-electron chi connectivity index (χ3n) is 6.40. The van der Waals surface area contributed by atoms with Gasteiger partial charge in [0.05, 0.1) is 7.11 Å². The average molecular weight is 478 g/mol. The van der Waals surface area contributed by atoms with Crippen molar-refractivity contribution in [3.8, 4) is 22.6 Å². The zero-order chi connectivity index (χ0) is 24.6. The van der Waals surface area contributed by atoms with Gasteiger partial charge in [0.1, 0.15) is 23.9 Å². The van der Waals surface area contributed by atoms with Crippen LogP contribution < -0.4 is 14.4 Å². The first-order chi connectivity index (χ1) is 17.0. The van der Waals surface area contributed by atoms with E-state index in [4.69, 9.17) is 14.6 Å². The van der Waals surface area contributed by atoms with Crippen LogP contribution in [0.15, 0.2) is 60.7 Å². The van der Waals surface area contributed by atoms with Gasteiger partial charge in [-0.25, -0.2) is 4.39 Å². The summed E-state index contributed by atoms with van der Waals surface area (Å²) in [5.41, 5.74) is 4.31. The van der Waals surface area contributed by atoms with Gasteiger partial charge in [0.2, 0.25) is 0 Å². The number of nitrogens with zero attached hydrogens (tertiary/aromatic N) is 1. The van der Waals surface area contributed by atoms with Crippen molar-refractivity contribution in [1.29, 1.82) is 0 Å². The van der Waals surface area contributed by atoms with Gasteiger partial charge in [-0.1, -0.05) is 37.1 Å². The first kappa shape index (κ1) is 24.6. The normalized spacial score (nSPS) is 13.8. The summed E-state index contributed by atoms with van der Waals surface area (Å²) in [7, 11) is 1.59. The summed E-state index contributed by atoms with van der Waals surface area (Å²) in [5, 5.41) is 8.93. The number of aryl methyl sites for hydroxylation is 1. The Labute approximate surface area is 206 Å². The highest BCUT2D eigenvalue weighted by Crippen LogP contribution is 2.36. The Morgan fingerprint density at radius 1 is 0.914 bits per heavy atom. The highest BCUT2D eigenvalue weighted by molar-refractivity contribution is 5.80. The van der Waals surface area contributed by atoms with Gasteiger partial charge in [-0.15, -0.1) is 0 Å². The van der Waals surface area contributed by atoms with Crippen LogP contribution in [0, 0.1) is 5.82 Å². The minimum Gasteiger partial charge on any atom is -0.497 e. The Hall–Kier alpha value is -3.54. The Morgan fingerprint density at radius 3 is 2.46 bits per heavy atom. The molecule has 0 aliphatic carbocycles. The molecule has 184 valence electrons. The van der Waals surface area contributed by atoms with Crippen LogP contribution in [0.3, 0.4) is 0 Å². The van der Waals surface area contributed by atoms with E-state index in [1.54, 1.807) is 19.2 Å². The van der Waals surface area contributed by atoms with Gasteiger partial charge in [-0.2, -0.15) is 0 Å². The molecular weight excluding hydrogens is 445 g/mol. The van der Waals surface area contributed by atoms with Crippen molar-refractivity contribution in [3.05, 3.63) is 77.6 Å². The number of carboxylic acid groups (broad SMARTS) is 1. The third-order valence-corrected chi connectivity index (χ3v) is 6.40. The second-order valence-corrected chi connectivity index (χ2v) is 8.93. The van der Waals surface area contributed by atoms with Gasteiger partial charge in [-0.3, -0.25) is 4.79 Å². The number of halogens is 1. The predicted octanol–water partition coefficient (Wildman–Crippen LogP) is 6.48. The molecule has 0 amide bonds. The first-order valence-corrected chi connectivity index (χ1v) is 12.2. The standard InChI is InChI=1S/C29H32FNO4/c1-34-23-11-13-27(30)26(19-23)25-12-9-22(18-28(25)31-15-4-2-3-5-16-31)20-35-24-8-6-7-21(17-24)10-14-29(32)33/h6-9,11-13,17-19H,2-5,10,14-16,20H2,1H3,(H,32,33). The lowest BCUT2D eigenvalue weighted by Gasteiger charge is -2.26. The van der Waals surface area contributed by atoms with E-state index in [1.807, 2.05) is 36.4 Å². The smallest absolute Gasteiger partial charge is 0.303 e. The molecule has 0 unspecified atom stereocenters. The minimum atomic E-state index is -0.815. The number of carboxylic acids is 1. The molecule has 1 heterocycles. The van der Waals surface area contributed by atoms with E-state index in [9.17, 15) is 9.18 Å². The van der Waals surface area contributed by atoms with Crippen LogP contribution in [0.4, 0.5) is 10.1 Å². The Balaban J connectivity index is 1.60. The Bertz CT molecular complexity index is 1160. The fourth-order valence-corrected chi connectivity index (χ4v) is 4.51. The van der Waals surface area contributed by atoms with E-state index in [0.29, 0.717) is 30.1 Å². The summed E-state index contributed by atoms with van der Waals surface area (Å²) in [5.74, 6) is 0.236. The molecule has 0 saturated carbocycles. The largest absolute Gasteiger partial charge is 0.497 e. The van der Waals surface area contributed by atoms with Crippen molar-refractivity contribution in [1.82, 2.24) is 0 Å². The lowest BCUT2D eigenvalue weighted by molar-refractivity contribution is -0.136. The van der Waals surface area contributed by atoms with Crippen molar-refractivity contribution in [2.24, 2.45) is 0 Å². The van der Waals surface area contributed by atoms with Crippen LogP contribution in [-0.4, -0.2) is 31.3 Å². The lowest BCUT2D eigenvalue weighted by atomic mass is 9.99. The number of anilines is 1. The van der Waals surface area contributed by atoms with Gasteiger partial charge in [0.25, 0.3) is 0 Å². The second-order valence-electron chi connectivity index (χ2n) is 8.93. The van der Waals surface area contributed by atoms with E-state index in [1.165, 1.54) is 18.9 Å². The molecule has 3 aromatic carbocycles.